The molecule has 3 aliphatic heterocycles. The summed E-state index contributed by atoms with van der Waals surface area (Å²) in [5.74, 6) is -4.67. The van der Waals surface area contributed by atoms with Crippen LogP contribution in [0.2, 0.25) is 36.3 Å². The number of rotatable bonds is 15. The number of ether oxygens (including phenoxy) is 1. The average Bonchev–Trinajstić information content (AvgIpc) is 3.74. The van der Waals surface area contributed by atoms with Crippen molar-refractivity contribution < 1.29 is 46.6 Å². The number of nitrogens with one attached hydrogen (secondary N) is 2. The number of piperazine rings is 1. The van der Waals surface area contributed by atoms with E-state index in [1.807, 2.05) is 66.5 Å². The van der Waals surface area contributed by atoms with Crippen molar-refractivity contribution in [2.45, 2.75) is 155 Å². The highest BCUT2D eigenvalue weighted by Crippen LogP contribution is 2.47. The number of nitrogens with zero attached hydrogens (tertiary/aromatic N) is 6. The lowest BCUT2D eigenvalue weighted by molar-refractivity contribution is -0.153. The van der Waals surface area contributed by atoms with Crippen molar-refractivity contribution in [2.75, 3.05) is 39.5 Å². The number of phenols is 2. The van der Waals surface area contributed by atoms with E-state index in [1.54, 1.807) is 23.1 Å². The van der Waals surface area contributed by atoms with Gasteiger partial charge in [-0.3, -0.25) is 14.5 Å². The van der Waals surface area contributed by atoms with Gasteiger partial charge in [0, 0.05) is 63.4 Å². The molecule has 1 aromatic heterocycles. The number of benzene rings is 2. The summed E-state index contributed by atoms with van der Waals surface area (Å²) in [4.78, 5) is 49.3. The van der Waals surface area contributed by atoms with Crippen molar-refractivity contribution in [1.82, 2.24) is 34.8 Å². The van der Waals surface area contributed by atoms with Gasteiger partial charge in [-0.05, 0) is 77.4 Å². The van der Waals surface area contributed by atoms with Gasteiger partial charge in [0.15, 0.2) is 28.7 Å². The molecule has 2 fully saturated rings. The van der Waals surface area contributed by atoms with Crippen LogP contribution in [0.3, 0.4) is 0 Å². The number of hydrogen-bond acceptors (Lipinski definition) is 12. The molecule has 0 saturated carbocycles. The van der Waals surface area contributed by atoms with E-state index in [0.29, 0.717) is 37.3 Å². The predicted octanol–water partition coefficient (Wildman–Crippen LogP) is 8.43. The smallest absolute Gasteiger partial charge is 0.348 e. The van der Waals surface area contributed by atoms with Crippen LogP contribution in [0.15, 0.2) is 52.4 Å². The van der Waals surface area contributed by atoms with Gasteiger partial charge in [0.1, 0.15) is 42.0 Å². The van der Waals surface area contributed by atoms with Crippen LogP contribution in [0.1, 0.15) is 99.1 Å². The lowest BCUT2D eigenvalue weighted by Gasteiger charge is -2.41. The number of alkyl halides is 2. The van der Waals surface area contributed by atoms with E-state index in [2.05, 4.69) is 54.4 Å². The summed E-state index contributed by atoms with van der Waals surface area (Å²) in [6.45, 7) is 29.5. The number of aromatic nitrogens is 3. The first-order valence-corrected chi connectivity index (χ1v) is 30.2. The first-order chi connectivity index (χ1) is 32.7. The van der Waals surface area contributed by atoms with E-state index < -0.39 is 57.9 Å². The van der Waals surface area contributed by atoms with Crippen LogP contribution in [0, 0.1) is 11.2 Å². The van der Waals surface area contributed by atoms with E-state index in [1.165, 1.54) is 29.3 Å². The minimum atomic E-state index is -3.41. The Bertz CT molecular complexity index is 2560. The van der Waals surface area contributed by atoms with E-state index in [4.69, 9.17) is 13.6 Å². The van der Waals surface area contributed by atoms with Crippen molar-refractivity contribution in [1.29, 1.82) is 0 Å². The molecule has 6 rings (SSSR count). The fraction of sp³-hybridized carbons (Fsp3) is 0.620. The Morgan fingerprint density at radius 3 is 2.17 bits per heavy atom. The van der Waals surface area contributed by atoms with Gasteiger partial charge in [-0.25, -0.2) is 23.8 Å². The molecule has 4 N–H and O–H groups in total. The largest absolute Gasteiger partial charge is 0.508 e. The van der Waals surface area contributed by atoms with Crippen molar-refractivity contribution in [3.05, 3.63) is 70.0 Å². The molecule has 16 nitrogen and oxygen atoms in total. The number of hydrogen-bond donors (Lipinski definition) is 4. The SMILES string of the molecule is CC(C)c1cc(-c2n[nH]c(=O)n2-c2ccc(CN3CCN(C(=O)CC(C)(C)CC(=O)NC4=NCN([C@@H]5O[C@H](CO[Si](C)(C)C(C)(C)C)[C@@H](O[Si](C)(C)C(C)(C)C)C5(F)F)C=C4)CC3)c(F)c2)c(O)cc1O. The van der Waals surface area contributed by atoms with Crippen LogP contribution in [-0.2, 0) is 29.7 Å². The number of amidine groups is 1. The second-order valence-electron chi connectivity index (χ2n) is 23.4. The number of aliphatic imine (C=N–C) groups is 1. The number of aromatic hydroxyl groups is 2. The Balaban J connectivity index is 1.00. The average molecular weight is 1030 g/mol. The highest BCUT2D eigenvalue weighted by Gasteiger charge is 2.63. The number of aromatic amines is 1. The number of H-pyrrole nitrogens is 1. The third-order valence-electron chi connectivity index (χ3n) is 14.8. The first kappa shape index (κ1) is 55.5. The zero-order chi connectivity index (χ0) is 52.8. The fourth-order valence-corrected chi connectivity index (χ4v) is 10.6. The van der Waals surface area contributed by atoms with E-state index in [9.17, 15) is 24.6 Å². The van der Waals surface area contributed by atoms with Crippen LogP contribution in [0.5, 0.6) is 11.5 Å². The summed E-state index contributed by atoms with van der Waals surface area (Å²) in [5, 5.41) is 29.8. The molecule has 0 spiro atoms. The van der Waals surface area contributed by atoms with Gasteiger partial charge in [-0.15, -0.1) is 0 Å². The summed E-state index contributed by atoms with van der Waals surface area (Å²) < 4.78 is 68.9. The number of carbonyl (C=O) groups excluding carboxylic acids is 2. The van der Waals surface area contributed by atoms with E-state index in [-0.39, 0.29) is 94.9 Å². The standard InChI is InChI=1S/C50H75F3N8O8Si2/c1-31(2)34-24-35(38(63)25-37(34)62)44-56-57-46(66)61(44)33-16-15-32(36(51)23-33)28-58-19-21-59(22-20-58)42(65)27-49(9,10)26-41(64)55-40-17-18-60(30-54-40)45-50(52,53)43(69-71(13,14)48(6,7)8)39(68-45)29-67-70(11,12)47(3,4)5/h15-18,23-25,31,39,43,45,62-63H,19-22,26-30H2,1-14H3,(H,57,66)(H,54,55,64)/t39-,43-,45-/m1/s1. The van der Waals surface area contributed by atoms with Gasteiger partial charge >= 0.3 is 11.6 Å². The molecule has 3 aromatic rings. The zero-order valence-corrected chi connectivity index (χ0v) is 45.9. The number of amides is 2. The third kappa shape index (κ3) is 12.5. The second kappa shape index (κ2) is 20.6. The molecule has 392 valence electrons. The zero-order valence-electron chi connectivity index (χ0n) is 43.9. The van der Waals surface area contributed by atoms with Crippen LogP contribution in [-0.4, -0.2) is 138 Å². The lowest BCUT2D eigenvalue weighted by Crippen LogP contribution is -2.55. The molecule has 2 saturated heterocycles. The fourth-order valence-electron chi connectivity index (χ4n) is 8.31. The molecule has 2 amide bonds. The van der Waals surface area contributed by atoms with Crippen LogP contribution < -0.4 is 11.0 Å². The molecule has 3 aliphatic rings. The molecule has 0 bridgehead atoms. The summed E-state index contributed by atoms with van der Waals surface area (Å²) in [7, 11) is -4.99. The maximum Gasteiger partial charge on any atom is 0.348 e. The molecule has 0 aliphatic carbocycles. The van der Waals surface area contributed by atoms with Crippen molar-refractivity contribution in [3.63, 3.8) is 0 Å². The minimum absolute atomic E-state index is 0.00173. The summed E-state index contributed by atoms with van der Waals surface area (Å²) in [6, 6.07) is 7.16. The summed E-state index contributed by atoms with van der Waals surface area (Å²) in [6.07, 6.45) is -1.22. The van der Waals surface area contributed by atoms with E-state index in [0.717, 1.165) is 4.57 Å². The molecule has 0 unspecified atom stereocenters. The second-order valence-corrected chi connectivity index (χ2v) is 32.9. The van der Waals surface area contributed by atoms with Gasteiger partial charge < -0.3 is 38.9 Å². The molecule has 0 radical (unpaired) electrons. The Hall–Kier alpha value is -4.81. The quantitative estimate of drug-likeness (QED) is 0.107. The summed E-state index contributed by atoms with van der Waals surface area (Å²) >= 11 is 0. The summed E-state index contributed by atoms with van der Waals surface area (Å²) in [5.41, 5.74) is -0.0457. The molecular weight excluding hydrogens is 954 g/mol. The van der Waals surface area contributed by atoms with Gasteiger partial charge in [0.25, 0.3) is 0 Å². The van der Waals surface area contributed by atoms with Gasteiger partial charge in [-0.1, -0.05) is 75.3 Å². The lowest BCUT2D eigenvalue weighted by atomic mass is 9.84. The topological polar surface area (TPSA) is 187 Å². The Labute approximate surface area is 417 Å². The van der Waals surface area contributed by atoms with Gasteiger partial charge in [0.2, 0.25) is 11.8 Å². The van der Waals surface area contributed by atoms with Crippen molar-refractivity contribution >= 4 is 34.3 Å². The third-order valence-corrected chi connectivity index (χ3v) is 23.7. The first-order valence-electron chi connectivity index (χ1n) is 24.4. The van der Waals surface area contributed by atoms with Gasteiger partial charge in [0.05, 0.1) is 17.9 Å². The Kier molecular flexibility index (Phi) is 16.1. The highest BCUT2D eigenvalue weighted by molar-refractivity contribution is 6.74. The van der Waals surface area contributed by atoms with Gasteiger partial charge in [-0.2, -0.15) is 13.9 Å². The number of halogens is 3. The molecule has 71 heavy (non-hydrogen) atoms. The molecule has 21 heteroatoms. The van der Waals surface area contributed by atoms with Crippen LogP contribution >= 0.6 is 0 Å². The van der Waals surface area contributed by atoms with Crippen molar-refractivity contribution in [2.24, 2.45) is 10.4 Å². The molecule has 2 aromatic carbocycles. The number of phenolic OH excluding ortho intramolecular Hbond substituents is 2. The predicted molar refractivity (Wildman–Crippen MR) is 272 cm³/mol. The van der Waals surface area contributed by atoms with Crippen LogP contribution in [0.4, 0.5) is 13.2 Å². The van der Waals surface area contributed by atoms with Crippen LogP contribution in [0.25, 0.3) is 17.1 Å². The molecular formula is C50H75F3N8O8Si2. The maximum atomic E-state index is 16.6. The molecule has 3 atom stereocenters. The number of carbonyl (C=O) groups is 2. The minimum Gasteiger partial charge on any atom is -0.508 e. The highest BCUT2D eigenvalue weighted by atomic mass is 28.4. The maximum absolute atomic E-state index is 16.6. The Morgan fingerprint density at radius 1 is 0.944 bits per heavy atom. The van der Waals surface area contributed by atoms with Crippen molar-refractivity contribution in [3.8, 4) is 28.6 Å². The van der Waals surface area contributed by atoms with E-state index >= 15 is 13.2 Å². The normalized spacial score (nSPS) is 20.5. The molecule has 4 heterocycles. The Morgan fingerprint density at radius 2 is 1.59 bits per heavy atom. The monoisotopic (exact) mass is 1030 g/mol.